The minimum atomic E-state index is -0.290. The molecule has 122 valence electrons. The van der Waals surface area contributed by atoms with Gasteiger partial charge in [-0.2, -0.15) is 4.98 Å². The van der Waals surface area contributed by atoms with E-state index >= 15 is 0 Å². The van der Waals surface area contributed by atoms with Gasteiger partial charge in [-0.15, -0.1) is 0 Å². The van der Waals surface area contributed by atoms with Crippen molar-refractivity contribution in [3.63, 3.8) is 0 Å². The van der Waals surface area contributed by atoms with Gasteiger partial charge in [0.1, 0.15) is 18.2 Å². The van der Waals surface area contributed by atoms with Gasteiger partial charge in [0.05, 0.1) is 11.0 Å². The predicted molar refractivity (Wildman–Crippen MR) is 90.9 cm³/mol. The summed E-state index contributed by atoms with van der Waals surface area (Å²) in [7, 11) is 0. The van der Waals surface area contributed by atoms with Crippen molar-refractivity contribution in [3.05, 3.63) is 42.9 Å². The lowest BCUT2D eigenvalue weighted by atomic mass is 10.1. The summed E-state index contributed by atoms with van der Waals surface area (Å²) in [5.41, 5.74) is 1.89. The van der Waals surface area contributed by atoms with Crippen molar-refractivity contribution in [2.24, 2.45) is 0 Å². The Hall–Kier alpha value is -2.96. The molecule has 1 amide bonds. The van der Waals surface area contributed by atoms with Crippen LogP contribution >= 0.6 is 0 Å². The first-order chi connectivity index (χ1) is 11.8. The molecule has 7 heteroatoms. The van der Waals surface area contributed by atoms with Crippen molar-refractivity contribution in [2.75, 3.05) is 11.9 Å². The highest BCUT2D eigenvalue weighted by Crippen LogP contribution is 2.17. The molecule has 4 rings (SSSR count). The van der Waals surface area contributed by atoms with Crippen molar-refractivity contribution in [1.82, 2.24) is 24.8 Å². The van der Waals surface area contributed by atoms with Crippen molar-refractivity contribution >= 4 is 22.9 Å². The van der Waals surface area contributed by atoms with Gasteiger partial charge in [-0.25, -0.2) is 9.97 Å². The summed E-state index contributed by atoms with van der Waals surface area (Å²) >= 11 is 0. The van der Waals surface area contributed by atoms with Crippen LogP contribution in [0.4, 0.5) is 5.95 Å². The number of nitrogens with zero attached hydrogens (tertiary/aromatic N) is 4. The largest absolute Gasteiger partial charge is 0.354 e. The van der Waals surface area contributed by atoms with Gasteiger partial charge in [0, 0.05) is 12.7 Å². The quantitative estimate of drug-likeness (QED) is 0.769. The Balaban J connectivity index is 1.63. The van der Waals surface area contributed by atoms with Gasteiger partial charge in [-0.1, -0.05) is 12.1 Å². The first kappa shape index (κ1) is 14.6. The Bertz CT molecular complexity index is 874. The van der Waals surface area contributed by atoms with Crippen LogP contribution in [0.25, 0.3) is 16.9 Å². The molecule has 0 aliphatic carbocycles. The number of hydrogen-bond acceptors (Lipinski definition) is 5. The van der Waals surface area contributed by atoms with E-state index < -0.39 is 0 Å². The molecule has 0 radical (unpaired) electrons. The lowest BCUT2D eigenvalue weighted by Crippen LogP contribution is -2.38. The number of rotatable bonds is 3. The summed E-state index contributed by atoms with van der Waals surface area (Å²) in [6.07, 6.45) is 6.23. The number of anilines is 1. The number of benzene rings is 1. The number of aromatic nitrogens is 4. The van der Waals surface area contributed by atoms with Crippen molar-refractivity contribution in [3.8, 4) is 5.82 Å². The van der Waals surface area contributed by atoms with Gasteiger partial charge in [-0.3, -0.25) is 9.36 Å². The maximum Gasteiger partial charge on any atom is 0.242 e. The summed E-state index contributed by atoms with van der Waals surface area (Å²) in [5.74, 6) is 1.18. The normalized spacial score (nSPS) is 18.2. The zero-order valence-electron chi connectivity index (χ0n) is 13.1. The third-order valence-electron chi connectivity index (χ3n) is 4.18. The topological polar surface area (TPSA) is 84.7 Å². The molecule has 0 saturated carbocycles. The molecular weight excluding hydrogens is 304 g/mol. The van der Waals surface area contributed by atoms with E-state index in [0.29, 0.717) is 5.95 Å². The summed E-state index contributed by atoms with van der Waals surface area (Å²) in [4.78, 5) is 25.2. The maximum absolute atomic E-state index is 12.1. The zero-order chi connectivity index (χ0) is 16.4. The molecule has 1 unspecified atom stereocenters. The minimum Gasteiger partial charge on any atom is -0.354 e. The number of hydrogen-bond donors (Lipinski definition) is 2. The number of nitrogens with one attached hydrogen (secondary N) is 2. The van der Waals surface area contributed by atoms with E-state index in [1.165, 1.54) is 0 Å². The molecule has 1 atom stereocenters. The highest BCUT2D eigenvalue weighted by Gasteiger charge is 2.21. The minimum absolute atomic E-state index is 0.00887. The van der Waals surface area contributed by atoms with Gasteiger partial charge in [0.2, 0.25) is 11.9 Å². The average Bonchev–Trinajstić information content (AvgIpc) is 2.94. The SMILES string of the molecule is O=C1NCCCCC1Nc1nccc(-n2cnc3ccccc32)n1. The van der Waals surface area contributed by atoms with Gasteiger partial charge in [-0.05, 0) is 37.5 Å². The molecule has 24 heavy (non-hydrogen) atoms. The Kier molecular flexibility index (Phi) is 3.82. The number of carbonyl (C=O) groups is 1. The second kappa shape index (κ2) is 6.27. The van der Waals surface area contributed by atoms with Gasteiger partial charge in [0.15, 0.2) is 0 Å². The fourth-order valence-electron chi connectivity index (χ4n) is 2.93. The summed E-state index contributed by atoms with van der Waals surface area (Å²) < 4.78 is 1.91. The number of para-hydroxylation sites is 2. The maximum atomic E-state index is 12.1. The van der Waals surface area contributed by atoms with Crippen LogP contribution in [0.1, 0.15) is 19.3 Å². The monoisotopic (exact) mass is 322 g/mol. The number of fused-ring (bicyclic) bond motifs is 1. The number of imidazole rings is 1. The second-order valence-electron chi connectivity index (χ2n) is 5.83. The second-order valence-corrected chi connectivity index (χ2v) is 5.83. The Morgan fingerprint density at radius 3 is 3.04 bits per heavy atom. The zero-order valence-corrected chi connectivity index (χ0v) is 13.1. The van der Waals surface area contributed by atoms with E-state index in [1.807, 2.05) is 34.9 Å². The fraction of sp³-hybridized carbons (Fsp3) is 0.294. The highest BCUT2D eigenvalue weighted by atomic mass is 16.2. The van der Waals surface area contributed by atoms with Crippen LogP contribution in [0.15, 0.2) is 42.9 Å². The van der Waals surface area contributed by atoms with Gasteiger partial charge < -0.3 is 10.6 Å². The van der Waals surface area contributed by atoms with Crippen LogP contribution < -0.4 is 10.6 Å². The molecule has 7 nitrogen and oxygen atoms in total. The molecule has 0 spiro atoms. The summed E-state index contributed by atoms with van der Waals surface area (Å²) in [6, 6.07) is 9.42. The molecular formula is C17H18N6O. The van der Waals surface area contributed by atoms with Crippen LogP contribution in [0.5, 0.6) is 0 Å². The van der Waals surface area contributed by atoms with Gasteiger partial charge >= 0.3 is 0 Å². The Morgan fingerprint density at radius 1 is 1.17 bits per heavy atom. The third kappa shape index (κ3) is 2.80. The van der Waals surface area contributed by atoms with Crippen molar-refractivity contribution < 1.29 is 4.79 Å². The van der Waals surface area contributed by atoms with E-state index in [1.54, 1.807) is 12.5 Å². The Labute approximate surface area is 139 Å². The molecule has 1 aliphatic rings. The van der Waals surface area contributed by atoms with Crippen molar-refractivity contribution in [2.45, 2.75) is 25.3 Å². The number of carbonyl (C=O) groups excluding carboxylic acids is 1. The van der Waals surface area contributed by atoms with Crippen LogP contribution in [0, 0.1) is 0 Å². The predicted octanol–water partition coefficient (Wildman–Crippen LogP) is 1.90. The summed E-state index contributed by atoms with van der Waals surface area (Å²) in [6.45, 7) is 0.735. The van der Waals surface area contributed by atoms with E-state index in [-0.39, 0.29) is 11.9 Å². The molecule has 1 aromatic carbocycles. The Morgan fingerprint density at radius 2 is 2.08 bits per heavy atom. The fourth-order valence-corrected chi connectivity index (χ4v) is 2.93. The molecule has 3 aromatic rings. The lowest BCUT2D eigenvalue weighted by molar-refractivity contribution is -0.121. The molecule has 1 saturated heterocycles. The molecule has 0 bridgehead atoms. The molecule has 2 aromatic heterocycles. The van der Waals surface area contributed by atoms with Gasteiger partial charge in [0.25, 0.3) is 0 Å². The van der Waals surface area contributed by atoms with Crippen molar-refractivity contribution in [1.29, 1.82) is 0 Å². The molecule has 2 N–H and O–H groups in total. The number of amides is 1. The molecule has 1 fully saturated rings. The first-order valence-electron chi connectivity index (χ1n) is 8.11. The molecule has 1 aliphatic heterocycles. The van der Waals surface area contributed by atoms with E-state index in [0.717, 1.165) is 42.7 Å². The molecule has 3 heterocycles. The van der Waals surface area contributed by atoms with Crippen LogP contribution in [0.2, 0.25) is 0 Å². The van der Waals surface area contributed by atoms with Crippen LogP contribution in [-0.2, 0) is 4.79 Å². The van der Waals surface area contributed by atoms with E-state index in [9.17, 15) is 4.79 Å². The summed E-state index contributed by atoms with van der Waals surface area (Å²) in [5, 5.41) is 6.06. The lowest BCUT2D eigenvalue weighted by Gasteiger charge is -2.15. The average molecular weight is 322 g/mol. The standard InChI is InChI=1S/C17H18N6O/c24-16-13(6-3-4-9-18-16)21-17-19-10-8-15(22-17)23-11-20-12-5-1-2-7-14(12)23/h1-2,5,7-8,10-11,13H,3-4,6,9H2,(H,18,24)(H,19,21,22). The third-order valence-corrected chi connectivity index (χ3v) is 4.18. The van der Waals surface area contributed by atoms with Crippen LogP contribution in [-0.4, -0.2) is 38.0 Å². The van der Waals surface area contributed by atoms with E-state index in [4.69, 9.17) is 0 Å². The first-order valence-corrected chi connectivity index (χ1v) is 8.11. The van der Waals surface area contributed by atoms with Crippen LogP contribution in [0.3, 0.4) is 0 Å². The van der Waals surface area contributed by atoms with E-state index in [2.05, 4.69) is 25.6 Å². The highest BCUT2D eigenvalue weighted by molar-refractivity contribution is 5.84. The smallest absolute Gasteiger partial charge is 0.242 e.